The smallest absolute Gasteiger partial charge is 0.315 e. The first kappa shape index (κ1) is 30.3. The van der Waals surface area contributed by atoms with E-state index in [4.69, 9.17) is 27.1 Å². The molecule has 6 N–H and O–H groups in total. The molecule has 13 nitrogen and oxygen atoms in total. The van der Waals surface area contributed by atoms with Gasteiger partial charge in [0.15, 0.2) is 11.5 Å². The highest BCUT2D eigenvalue weighted by molar-refractivity contribution is 6.32. The van der Waals surface area contributed by atoms with Crippen molar-refractivity contribution in [2.24, 2.45) is 10.9 Å². The predicted molar refractivity (Wildman–Crippen MR) is 139 cm³/mol. The molecule has 0 aliphatic carbocycles. The zero-order chi connectivity index (χ0) is 28.4. The number of nitrogens with two attached hydrogens (primary N) is 1. The van der Waals surface area contributed by atoms with Crippen molar-refractivity contribution in [2.75, 3.05) is 20.2 Å². The van der Waals surface area contributed by atoms with E-state index in [-0.39, 0.29) is 41.0 Å². The zero-order valence-corrected chi connectivity index (χ0v) is 21.8. The van der Waals surface area contributed by atoms with E-state index < -0.39 is 46.7 Å². The Morgan fingerprint density at radius 1 is 1.21 bits per heavy atom. The molecule has 1 amide bonds. The number of likely N-dealkylation sites (N-methyl/N-ethyl adjacent to an activating group) is 1. The molecule has 0 spiro atoms. The van der Waals surface area contributed by atoms with E-state index in [9.17, 15) is 29.9 Å². The second-order valence-electron chi connectivity index (χ2n) is 8.36. The highest BCUT2D eigenvalue weighted by Gasteiger charge is 2.26. The van der Waals surface area contributed by atoms with Crippen LogP contribution in [0.3, 0.4) is 0 Å². The van der Waals surface area contributed by atoms with Gasteiger partial charge in [0.05, 0.1) is 16.0 Å². The first-order valence-corrected chi connectivity index (χ1v) is 11.8. The lowest BCUT2D eigenvalue weighted by atomic mass is 10.0. The Kier molecular flexibility index (Phi) is 11.3. The lowest BCUT2D eigenvalue weighted by molar-refractivity contribution is -0.386. The minimum atomic E-state index is -0.850. The first-order chi connectivity index (χ1) is 18.0. The second kappa shape index (κ2) is 14.1. The number of benzene rings is 2. The van der Waals surface area contributed by atoms with E-state index >= 15 is 0 Å². The van der Waals surface area contributed by atoms with E-state index in [1.54, 1.807) is 19.1 Å². The molecule has 0 aromatic heterocycles. The zero-order valence-electron chi connectivity index (χ0n) is 21.1. The molecule has 1 unspecified atom stereocenters. The molecular formula is C24H30ClN5O8. The largest absolute Gasteiger partial charge is 0.506 e. The van der Waals surface area contributed by atoms with Crippen LogP contribution in [0.1, 0.15) is 25.0 Å². The molecular weight excluding hydrogens is 522 g/mol. The van der Waals surface area contributed by atoms with Crippen molar-refractivity contribution in [3.63, 3.8) is 0 Å². The molecule has 0 radical (unpaired) electrons. The van der Waals surface area contributed by atoms with Crippen LogP contribution in [0.5, 0.6) is 17.2 Å². The highest BCUT2D eigenvalue weighted by atomic mass is 35.5. The van der Waals surface area contributed by atoms with Gasteiger partial charge in [-0.25, -0.2) is 0 Å². The molecule has 2 rings (SSSR count). The highest BCUT2D eigenvalue weighted by Crippen LogP contribution is 2.38. The van der Waals surface area contributed by atoms with Gasteiger partial charge < -0.3 is 30.4 Å². The number of phenolic OH excluding ortho intramolecular Hbond substituents is 2. The number of nitrogens with zero attached hydrogens (tertiary/aromatic N) is 2. The lowest BCUT2D eigenvalue weighted by Crippen LogP contribution is -2.50. The number of hydrogen-bond donors (Lipinski definition) is 5. The summed E-state index contributed by atoms with van der Waals surface area (Å²) in [5.41, 5.74) is 0.528. The van der Waals surface area contributed by atoms with Crippen molar-refractivity contribution >= 4 is 34.9 Å². The summed E-state index contributed by atoms with van der Waals surface area (Å²) in [7, 11) is 1.53. The third kappa shape index (κ3) is 8.57. The number of ketones is 1. The van der Waals surface area contributed by atoms with E-state index in [0.29, 0.717) is 6.42 Å². The van der Waals surface area contributed by atoms with Crippen LogP contribution in [-0.4, -0.2) is 65.0 Å². The summed E-state index contributed by atoms with van der Waals surface area (Å²) >= 11 is 5.81. The van der Waals surface area contributed by atoms with Crippen molar-refractivity contribution < 1.29 is 34.3 Å². The first-order valence-electron chi connectivity index (χ1n) is 11.4. The number of phenols is 2. The van der Waals surface area contributed by atoms with Gasteiger partial charge in [0.2, 0.25) is 17.6 Å². The van der Waals surface area contributed by atoms with Gasteiger partial charge in [-0.3, -0.25) is 24.7 Å². The summed E-state index contributed by atoms with van der Waals surface area (Å²) in [4.78, 5) is 43.9. The number of nitrogens with one attached hydrogen (secondary N) is 2. The van der Waals surface area contributed by atoms with E-state index in [1.807, 2.05) is 0 Å². The molecule has 206 valence electrons. The van der Waals surface area contributed by atoms with Crippen molar-refractivity contribution in [1.82, 2.24) is 10.6 Å². The normalized spacial score (nSPS) is 12.9. The van der Waals surface area contributed by atoms with Gasteiger partial charge >= 0.3 is 5.69 Å². The summed E-state index contributed by atoms with van der Waals surface area (Å²) in [6.07, 6.45) is 0.429. The van der Waals surface area contributed by atoms with Gasteiger partial charge in [0.25, 0.3) is 0 Å². The van der Waals surface area contributed by atoms with E-state index in [0.717, 1.165) is 5.56 Å². The number of carbonyl (C=O) groups excluding carboxylic acids is 2. The topological polar surface area (TPSA) is 199 Å². The molecule has 0 aliphatic heterocycles. The maximum Gasteiger partial charge on any atom is 0.315 e. The molecule has 0 fully saturated rings. The van der Waals surface area contributed by atoms with Crippen LogP contribution in [0.2, 0.25) is 5.02 Å². The molecule has 2 atom stereocenters. The van der Waals surface area contributed by atoms with Crippen molar-refractivity contribution in [1.29, 1.82) is 0 Å². The fourth-order valence-corrected chi connectivity index (χ4v) is 3.57. The third-order valence-electron chi connectivity index (χ3n) is 5.36. The Balaban J connectivity index is 2.08. The predicted octanol–water partition coefficient (Wildman–Crippen LogP) is 1.79. The summed E-state index contributed by atoms with van der Waals surface area (Å²) in [5.74, 6) is 3.55. The Labute approximate surface area is 223 Å². The van der Waals surface area contributed by atoms with Crippen LogP contribution in [-0.2, 0) is 27.3 Å². The fraction of sp³-hybridized carbons (Fsp3) is 0.375. The van der Waals surface area contributed by atoms with Crippen LogP contribution in [0.15, 0.2) is 35.3 Å². The van der Waals surface area contributed by atoms with Gasteiger partial charge in [-0.05, 0) is 63.1 Å². The molecule has 38 heavy (non-hydrogen) atoms. The van der Waals surface area contributed by atoms with Crippen molar-refractivity contribution in [3.05, 3.63) is 56.6 Å². The molecule has 0 bridgehead atoms. The summed E-state index contributed by atoms with van der Waals surface area (Å²) in [5, 5.41) is 37.3. The number of nitro benzene ring substituents is 1. The van der Waals surface area contributed by atoms with Crippen molar-refractivity contribution in [3.8, 4) is 17.2 Å². The van der Waals surface area contributed by atoms with Gasteiger partial charge in [-0.2, -0.15) is 5.90 Å². The van der Waals surface area contributed by atoms with E-state index in [1.165, 1.54) is 32.2 Å². The quantitative estimate of drug-likeness (QED) is 0.106. The van der Waals surface area contributed by atoms with Gasteiger partial charge in [0, 0.05) is 12.6 Å². The van der Waals surface area contributed by atoms with E-state index in [2.05, 4.69) is 15.6 Å². The maximum absolute atomic E-state index is 12.9. The number of nitro groups is 1. The standard InChI is InChI=1S/C24H30ClN5O8/c1-13(31)12-37-22-19(30(35)36)9-16(11-21(22)33)8-18(27-3)23(34)29-14(2)24(38-26)28-7-6-15-4-5-17(25)20(32)10-15/h4-5,9-11,14,18,27,32-33H,6-8,12,26H2,1-3H3,(H,29,34)/t14-,18?/m0/s1. The Morgan fingerprint density at radius 3 is 2.47 bits per heavy atom. The summed E-state index contributed by atoms with van der Waals surface area (Å²) in [6, 6.07) is 5.66. The Bertz CT molecular complexity index is 1210. The van der Waals surface area contributed by atoms with Crippen LogP contribution in [0.4, 0.5) is 5.69 Å². The molecule has 14 heteroatoms. The minimum absolute atomic E-state index is 0.0214. The number of hydrogen-bond acceptors (Lipinski definition) is 11. The molecule has 0 heterocycles. The number of rotatable bonds is 13. The average Bonchev–Trinajstić information content (AvgIpc) is 2.85. The van der Waals surface area contributed by atoms with Gasteiger partial charge in [0.1, 0.15) is 18.4 Å². The van der Waals surface area contributed by atoms with Crippen LogP contribution >= 0.6 is 11.6 Å². The summed E-state index contributed by atoms with van der Waals surface area (Å²) < 4.78 is 5.09. The average molecular weight is 552 g/mol. The number of aliphatic imine (C=N–C) groups is 1. The third-order valence-corrected chi connectivity index (χ3v) is 5.68. The van der Waals surface area contributed by atoms with Crippen LogP contribution in [0, 0.1) is 10.1 Å². The molecule has 0 aliphatic rings. The molecule has 2 aromatic carbocycles. The molecule has 0 saturated carbocycles. The van der Waals surface area contributed by atoms with Crippen LogP contribution in [0.25, 0.3) is 0 Å². The minimum Gasteiger partial charge on any atom is -0.506 e. The second-order valence-corrected chi connectivity index (χ2v) is 8.77. The monoisotopic (exact) mass is 551 g/mol. The number of amides is 1. The van der Waals surface area contributed by atoms with Crippen molar-refractivity contribution in [2.45, 2.75) is 38.8 Å². The lowest BCUT2D eigenvalue weighted by Gasteiger charge is -2.20. The SMILES string of the molecule is CNC(Cc1cc(O)c(OCC(C)=O)c([N+](=O)[O-])c1)C(=O)N[C@@H](C)C(=NCCc1ccc(Cl)c(O)c1)ON. The molecule has 0 saturated heterocycles. The number of carbonyl (C=O) groups is 2. The Morgan fingerprint density at radius 2 is 1.89 bits per heavy atom. The number of Topliss-reactive ketones (excluding diaryl/α,β-unsaturated/α-hetero) is 1. The Hall–Kier alpha value is -3.94. The van der Waals surface area contributed by atoms with Gasteiger partial charge in [-0.1, -0.05) is 17.7 Å². The van der Waals surface area contributed by atoms with Crippen LogP contribution < -0.4 is 21.3 Å². The number of ether oxygens (including phenoxy) is 1. The van der Waals surface area contributed by atoms with Gasteiger partial charge in [-0.15, -0.1) is 0 Å². The fourth-order valence-electron chi connectivity index (χ4n) is 3.45. The number of aromatic hydroxyl groups is 2. The number of halogens is 1. The summed E-state index contributed by atoms with van der Waals surface area (Å²) in [6.45, 7) is 2.67. The molecule has 2 aromatic rings. The maximum atomic E-state index is 12.9.